The number of carboxylic acid groups (broad SMARTS) is 1. The van der Waals surface area contributed by atoms with Crippen molar-refractivity contribution < 1.29 is 9.90 Å². The molecule has 0 saturated heterocycles. The predicted molar refractivity (Wildman–Crippen MR) is 42.8 cm³/mol. The van der Waals surface area contributed by atoms with Gasteiger partial charge in [-0.05, 0) is 6.07 Å². The van der Waals surface area contributed by atoms with Crippen molar-refractivity contribution in [2.45, 2.75) is 19.3 Å². The topological polar surface area (TPSA) is 63.1 Å². The van der Waals surface area contributed by atoms with Crippen LogP contribution in [-0.2, 0) is 0 Å². The molecule has 1 fully saturated rings. The van der Waals surface area contributed by atoms with Crippen molar-refractivity contribution in [3.8, 4) is 0 Å². The van der Waals surface area contributed by atoms with Gasteiger partial charge in [-0.2, -0.15) is 0 Å². The lowest BCUT2D eigenvalue weighted by Gasteiger charge is -1.86. The Hall–Kier alpha value is -1.45. The lowest BCUT2D eigenvalue weighted by Crippen LogP contribution is -2.01. The monoisotopic (exact) mass is 166 g/mol. The Balaban J connectivity index is 0.000000200. The maximum atomic E-state index is 10.1. The van der Waals surface area contributed by atoms with Crippen LogP contribution in [0.1, 0.15) is 29.9 Å². The van der Waals surface area contributed by atoms with Gasteiger partial charge in [0.15, 0.2) is 0 Å². The molecule has 1 aromatic rings. The molecule has 64 valence electrons. The van der Waals surface area contributed by atoms with Crippen LogP contribution >= 0.6 is 0 Å². The summed E-state index contributed by atoms with van der Waals surface area (Å²) >= 11 is 0. The van der Waals surface area contributed by atoms with Gasteiger partial charge in [-0.15, -0.1) is 0 Å². The summed E-state index contributed by atoms with van der Waals surface area (Å²) < 4.78 is 0. The zero-order chi connectivity index (χ0) is 8.81. The quantitative estimate of drug-likeness (QED) is 0.683. The van der Waals surface area contributed by atoms with Crippen LogP contribution in [0.25, 0.3) is 0 Å². The molecule has 1 aromatic heterocycles. The molecule has 0 aromatic carbocycles. The van der Waals surface area contributed by atoms with E-state index in [9.17, 15) is 4.79 Å². The molecule has 1 N–H and O–H groups in total. The first-order chi connectivity index (χ1) is 5.80. The van der Waals surface area contributed by atoms with Crippen LogP contribution in [0.4, 0.5) is 0 Å². The minimum Gasteiger partial charge on any atom is -0.475 e. The third kappa shape index (κ3) is 3.65. The third-order valence-corrected chi connectivity index (χ3v) is 1.11. The van der Waals surface area contributed by atoms with E-state index in [1.807, 2.05) is 0 Å². The number of carbonyl (C=O) groups is 1. The zero-order valence-corrected chi connectivity index (χ0v) is 6.60. The Labute approximate surface area is 70.3 Å². The van der Waals surface area contributed by atoms with Crippen molar-refractivity contribution in [3.63, 3.8) is 0 Å². The Bertz CT molecular complexity index is 244. The maximum Gasteiger partial charge on any atom is 0.373 e. The lowest BCUT2D eigenvalue weighted by molar-refractivity contribution is 0.0683. The highest BCUT2D eigenvalue weighted by molar-refractivity contribution is 5.82. The van der Waals surface area contributed by atoms with Crippen LogP contribution in [0.5, 0.6) is 0 Å². The SMILES string of the molecule is C1CC1.O=C(O)c1ncccn1. The maximum absolute atomic E-state index is 10.1. The summed E-state index contributed by atoms with van der Waals surface area (Å²) in [5, 5.41) is 8.26. The van der Waals surface area contributed by atoms with E-state index in [4.69, 9.17) is 5.11 Å². The first kappa shape index (κ1) is 8.64. The molecule has 2 rings (SSSR count). The van der Waals surface area contributed by atoms with Crippen LogP contribution in [0.15, 0.2) is 18.5 Å². The molecule has 0 spiro atoms. The van der Waals surface area contributed by atoms with Gasteiger partial charge < -0.3 is 5.11 Å². The Kier molecular flexibility index (Phi) is 3.19. The molecular weight excluding hydrogens is 156 g/mol. The van der Waals surface area contributed by atoms with E-state index >= 15 is 0 Å². The number of aromatic nitrogens is 2. The molecule has 1 aliphatic rings. The summed E-state index contributed by atoms with van der Waals surface area (Å²) in [6.45, 7) is 0. The first-order valence-corrected chi connectivity index (χ1v) is 3.81. The summed E-state index contributed by atoms with van der Waals surface area (Å²) in [5.74, 6) is -1.27. The Morgan fingerprint density at radius 3 is 2.00 bits per heavy atom. The number of aromatic carboxylic acids is 1. The second kappa shape index (κ2) is 4.43. The standard InChI is InChI=1S/C5H4N2O2.C3H6/c8-5(9)4-6-2-1-3-7-4;1-2-3-1/h1-3H,(H,8,9);1-3H2. The van der Waals surface area contributed by atoms with Gasteiger partial charge in [0, 0.05) is 12.4 Å². The molecular formula is C8H10N2O2. The van der Waals surface area contributed by atoms with Gasteiger partial charge in [-0.1, -0.05) is 19.3 Å². The minimum absolute atomic E-state index is 0.169. The Morgan fingerprint density at radius 1 is 1.25 bits per heavy atom. The summed E-state index contributed by atoms with van der Waals surface area (Å²) in [5.41, 5.74) is 0. The molecule has 0 unspecified atom stereocenters. The second-order valence-corrected chi connectivity index (χ2v) is 2.44. The van der Waals surface area contributed by atoms with Gasteiger partial charge in [0.25, 0.3) is 0 Å². The van der Waals surface area contributed by atoms with Gasteiger partial charge in [0.2, 0.25) is 5.82 Å². The van der Waals surface area contributed by atoms with E-state index in [-0.39, 0.29) is 5.82 Å². The van der Waals surface area contributed by atoms with E-state index in [0.717, 1.165) is 0 Å². The molecule has 1 aliphatic carbocycles. The fourth-order valence-electron chi connectivity index (χ4n) is 0.410. The predicted octanol–water partition coefficient (Wildman–Crippen LogP) is 1.35. The third-order valence-electron chi connectivity index (χ3n) is 1.11. The minimum atomic E-state index is -1.10. The second-order valence-electron chi connectivity index (χ2n) is 2.44. The van der Waals surface area contributed by atoms with Crippen LogP contribution in [-0.4, -0.2) is 21.0 Å². The highest BCUT2D eigenvalue weighted by Gasteiger charge is 2.01. The van der Waals surface area contributed by atoms with Crippen molar-refractivity contribution in [1.29, 1.82) is 0 Å². The summed E-state index contributed by atoms with van der Waals surface area (Å²) in [6, 6.07) is 1.56. The van der Waals surface area contributed by atoms with Crippen molar-refractivity contribution in [2.24, 2.45) is 0 Å². The van der Waals surface area contributed by atoms with Gasteiger partial charge in [-0.25, -0.2) is 14.8 Å². The van der Waals surface area contributed by atoms with E-state index in [2.05, 4.69) is 9.97 Å². The molecule has 1 heterocycles. The molecule has 0 bridgehead atoms. The van der Waals surface area contributed by atoms with Gasteiger partial charge in [0.05, 0.1) is 0 Å². The highest BCUT2D eigenvalue weighted by atomic mass is 16.4. The van der Waals surface area contributed by atoms with Gasteiger partial charge in [0.1, 0.15) is 0 Å². The van der Waals surface area contributed by atoms with E-state index in [1.54, 1.807) is 6.07 Å². The summed E-state index contributed by atoms with van der Waals surface area (Å²) in [6.07, 6.45) is 7.27. The van der Waals surface area contributed by atoms with E-state index < -0.39 is 5.97 Å². The van der Waals surface area contributed by atoms with Crippen molar-refractivity contribution in [3.05, 3.63) is 24.3 Å². The van der Waals surface area contributed by atoms with Gasteiger partial charge in [-0.3, -0.25) is 0 Å². The number of nitrogens with zero attached hydrogens (tertiary/aromatic N) is 2. The van der Waals surface area contributed by atoms with Crippen LogP contribution in [0, 0.1) is 0 Å². The first-order valence-electron chi connectivity index (χ1n) is 3.81. The molecule has 4 heteroatoms. The molecule has 4 nitrogen and oxygen atoms in total. The molecule has 0 aliphatic heterocycles. The number of carboxylic acids is 1. The van der Waals surface area contributed by atoms with Crippen LogP contribution < -0.4 is 0 Å². The van der Waals surface area contributed by atoms with Gasteiger partial charge >= 0.3 is 5.97 Å². The smallest absolute Gasteiger partial charge is 0.373 e. The molecule has 12 heavy (non-hydrogen) atoms. The van der Waals surface area contributed by atoms with Crippen molar-refractivity contribution >= 4 is 5.97 Å². The fraction of sp³-hybridized carbons (Fsp3) is 0.375. The summed E-state index contributed by atoms with van der Waals surface area (Å²) in [4.78, 5) is 17.0. The molecule has 0 amide bonds. The number of rotatable bonds is 1. The van der Waals surface area contributed by atoms with Crippen LogP contribution in [0.3, 0.4) is 0 Å². The fourth-order valence-corrected chi connectivity index (χ4v) is 0.410. The number of hydrogen-bond donors (Lipinski definition) is 1. The average Bonchev–Trinajstić information content (AvgIpc) is 2.92. The zero-order valence-electron chi connectivity index (χ0n) is 6.60. The largest absolute Gasteiger partial charge is 0.475 e. The Morgan fingerprint density at radius 2 is 1.75 bits per heavy atom. The molecule has 0 atom stereocenters. The summed E-state index contributed by atoms with van der Waals surface area (Å²) in [7, 11) is 0. The number of hydrogen-bond acceptors (Lipinski definition) is 3. The normalized spacial score (nSPS) is 12.7. The van der Waals surface area contributed by atoms with Crippen molar-refractivity contribution in [1.82, 2.24) is 9.97 Å². The highest BCUT2D eigenvalue weighted by Crippen LogP contribution is 2.14. The lowest BCUT2D eigenvalue weighted by atomic mass is 10.6. The van der Waals surface area contributed by atoms with Crippen molar-refractivity contribution in [2.75, 3.05) is 0 Å². The van der Waals surface area contributed by atoms with E-state index in [1.165, 1.54) is 31.7 Å². The van der Waals surface area contributed by atoms with Crippen LogP contribution in [0.2, 0.25) is 0 Å². The molecule has 1 saturated carbocycles. The van der Waals surface area contributed by atoms with E-state index in [0.29, 0.717) is 0 Å². The average molecular weight is 166 g/mol. The molecule has 0 radical (unpaired) electrons.